The van der Waals surface area contributed by atoms with E-state index < -0.39 is 0 Å². The van der Waals surface area contributed by atoms with Gasteiger partial charge in [-0.25, -0.2) is 0 Å². The molecule has 7 rings (SSSR count). The van der Waals surface area contributed by atoms with Crippen LogP contribution in [-0.4, -0.2) is 0 Å². The van der Waals surface area contributed by atoms with Crippen molar-refractivity contribution in [3.63, 3.8) is 0 Å². The largest absolute Gasteiger partial charge is 0.201 e. The summed E-state index contributed by atoms with van der Waals surface area (Å²) in [5.74, 6) is 3.40. The van der Waals surface area contributed by atoms with Gasteiger partial charge in [-0.05, 0) is 48.8 Å². The molecule has 1 heteroatoms. The van der Waals surface area contributed by atoms with Gasteiger partial charge in [0, 0.05) is 29.5 Å². The van der Waals surface area contributed by atoms with Gasteiger partial charge in [-0.2, -0.15) is 4.57 Å². The van der Waals surface area contributed by atoms with Gasteiger partial charge in [0.2, 0.25) is 5.54 Å². The molecule has 1 nitrogen and oxygen atoms in total. The van der Waals surface area contributed by atoms with Gasteiger partial charge in [-0.3, -0.25) is 0 Å². The summed E-state index contributed by atoms with van der Waals surface area (Å²) in [6.45, 7) is 0. The number of hydrogen-bond acceptors (Lipinski definition) is 0. The second-order valence-corrected chi connectivity index (χ2v) is 8.95. The molecule has 0 bridgehead atoms. The van der Waals surface area contributed by atoms with Gasteiger partial charge in [-0.1, -0.05) is 31.0 Å². The number of aromatic nitrogens is 1. The van der Waals surface area contributed by atoms with Crippen molar-refractivity contribution in [1.29, 1.82) is 0 Å². The smallest absolute Gasteiger partial charge is 0.189 e. The van der Waals surface area contributed by atoms with Crippen molar-refractivity contribution in [3.05, 3.63) is 64.5 Å². The van der Waals surface area contributed by atoms with E-state index in [0.29, 0.717) is 5.54 Å². The fraction of sp³-hybridized carbons (Fsp3) is 0.522. The quantitative estimate of drug-likeness (QED) is 0.634. The van der Waals surface area contributed by atoms with E-state index in [1.165, 1.54) is 38.5 Å². The lowest BCUT2D eigenvalue weighted by Gasteiger charge is -2.37. The van der Waals surface area contributed by atoms with Crippen molar-refractivity contribution in [2.45, 2.75) is 62.3 Å². The van der Waals surface area contributed by atoms with Gasteiger partial charge in [0.05, 0.1) is 12.3 Å². The van der Waals surface area contributed by atoms with E-state index >= 15 is 0 Å². The SMILES string of the molecule is c1cc2c3c(c1)C1CCCC1C31C3CCCC3c3cccc([n+]31)C2. The minimum atomic E-state index is 0.332. The molecular weight excluding hydrogens is 290 g/mol. The molecule has 5 unspecified atom stereocenters. The Balaban J connectivity index is 1.67. The normalized spacial score (nSPS) is 39.5. The summed E-state index contributed by atoms with van der Waals surface area (Å²) in [6, 6.07) is 14.5. The average molecular weight is 314 g/mol. The Morgan fingerprint density at radius 2 is 1.62 bits per heavy atom. The molecule has 0 saturated heterocycles. The van der Waals surface area contributed by atoms with Gasteiger partial charge in [0.15, 0.2) is 11.4 Å². The minimum absolute atomic E-state index is 0.332. The summed E-state index contributed by atoms with van der Waals surface area (Å²) in [7, 11) is 0. The molecule has 2 fully saturated rings. The van der Waals surface area contributed by atoms with Crippen LogP contribution in [0.2, 0.25) is 0 Å². The third kappa shape index (κ3) is 1.13. The van der Waals surface area contributed by atoms with Crippen LogP contribution in [0.4, 0.5) is 0 Å². The third-order valence-electron chi connectivity index (χ3n) is 8.37. The van der Waals surface area contributed by atoms with Gasteiger partial charge >= 0.3 is 0 Å². The molecule has 1 aromatic heterocycles. The summed E-state index contributed by atoms with van der Waals surface area (Å²) >= 11 is 0. The molecule has 5 aliphatic rings. The Kier molecular flexibility index (Phi) is 2.09. The van der Waals surface area contributed by atoms with Crippen LogP contribution in [0, 0.1) is 11.8 Å². The lowest BCUT2D eigenvalue weighted by molar-refractivity contribution is -0.767. The van der Waals surface area contributed by atoms with E-state index in [1.54, 1.807) is 28.1 Å². The highest BCUT2D eigenvalue weighted by Crippen LogP contribution is 2.67. The molecule has 24 heavy (non-hydrogen) atoms. The summed E-state index contributed by atoms with van der Waals surface area (Å²) in [5.41, 5.74) is 8.82. The number of hydrogen-bond donors (Lipinski definition) is 0. The summed E-state index contributed by atoms with van der Waals surface area (Å²) in [4.78, 5) is 0. The molecule has 120 valence electrons. The molecule has 2 saturated carbocycles. The topological polar surface area (TPSA) is 3.88 Å². The highest BCUT2D eigenvalue weighted by molar-refractivity contribution is 5.52. The minimum Gasteiger partial charge on any atom is -0.189 e. The zero-order chi connectivity index (χ0) is 15.5. The van der Waals surface area contributed by atoms with Gasteiger partial charge in [0.1, 0.15) is 0 Å². The maximum absolute atomic E-state index is 2.91. The van der Waals surface area contributed by atoms with Crippen LogP contribution in [-0.2, 0) is 12.0 Å². The molecule has 0 radical (unpaired) electrons. The first-order valence-corrected chi connectivity index (χ1v) is 10.1. The van der Waals surface area contributed by atoms with Crippen molar-refractivity contribution in [2.75, 3.05) is 0 Å². The highest BCUT2D eigenvalue weighted by Gasteiger charge is 2.72. The number of pyridine rings is 1. The first kappa shape index (κ1) is 12.7. The van der Waals surface area contributed by atoms with Gasteiger partial charge in [0.25, 0.3) is 0 Å². The van der Waals surface area contributed by atoms with Crippen LogP contribution >= 0.6 is 0 Å². The van der Waals surface area contributed by atoms with Crippen LogP contribution in [0.1, 0.15) is 78.4 Å². The van der Waals surface area contributed by atoms with Crippen LogP contribution in [0.5, 0.6) is 0 Å². The summed E-state index contributed by atoms with van der Waals surface area (Å²) in [6.07, 6.45) is 9.78. The fourth-order valence-electron chi connectivity index (χ4n) is 8.00. The van der Waals surface area contributed by atoms with E-state index in [0.717, 1.165) is 30.1 Å². The second kappa shape index (κ2) is 3.95. The molecule has 2 aromatic rings. The van der Waals surface area contributed by atoms with E-state index in [9.17, 15) is 0 Å². The molecule has 1 aromatic carbocycles. The number of nitrogens with zero attached hydrogens (tertiary/aromatic N) is 1. The van der Waals surface area contributed by atoms with Crippen LogP contribution in [0.15, 0.2) is 36.4 Å². The molecule has 2 aliphatic heterocycles. The zero-order valence-electron chi connectivity index (χ0n) is 14.2. The van der Waals surface area contributed by atoms with Crippen molar-refractivity contribution in [3.8, 4) is 0 Å². The Morgan fingerprint density at radius 1 is 0.833 bits per heavy atom. The summed E-state index contributed by atoms with van der Waals surface area (Å²) in [5, 5.41) is 0. The molecular formula is C23H24N+. The predicted molar refractivity (Wildman–Crippen MR) is 93.1 cm³/mol. The lowest BCUT2D eigenvalue weighted by atomic mass is 9.68. The number of benzene rings is 1. The van der Waals surface area contributed by atoms with E-state index in [2.05, 4.69) is 41.0 Å². The molecule has 3 aliphatic carbocycles. The Hall–Kier alpha value is -1.63. The first-order chi connectivity index (χ1) is 11.9. The molecule has 0 N–H and O–H groups in total. The van der Waals surface area contributed by atoms with Crippen molar-refractivity contribution in [2.24, 2.45) is 11.8 Å². The Labute approximate surface area is 143 Å². The Bertz CT molecular complexity index is 821. The third-order valence-corrected chi connectivity index (χ3v) is 8.37. The maximum Gasteiger partial charge on any atom is 0.201 e. The zero-order valence-corrected chi connectivity index (χ0v) is 14.2. The molecule has 3 heterocycles. The van der Waals surface area contributed by atoms with Gasteiger partial charge in [-0.15, -0.1) is 0 Å². The number of rotatable bonds is 0. The van der Waals surface area contributed by atoms with Crippen LogP contribution in [0.3, 0.4) is 0 Å². The highest BCUT2D eigenvalue weighted by atomic mass is 15.2. The summed E-state index contributed by atoms with van der Waals surface area (Å²) < 4.78 is 2.91. The first-order valence-electron chi connectivity index (χ1n) is 10.1. The molecule has 5 atom stereocenters. The molecule has 0 amide bonds. The standard InChI is InChI=1S/C23H24N/c1-5-14-13-15-6-2-12-21-18-9-4-11-20(18)23(24(15)21)19-10-3-7-16(19)17(8-1)22(14)23/h1-2,5-6,8,12,16,18-20H,3-4,7,9-11,13H2/q+1. The Morgan fingerprint density at radius 3 is 2.54 bits per heavy atom. The predicted octanol–water partition coefficient (Wildman–Crippen LogP) is 4.42. The van der Waals surface area contributed by atoms with Crippen LogP contribution in [0.25, 0.3) is 0 Å². The van der Waals surface area contributed by atoms with E-state index in [1.807, 2.05) is 0 Å². The van der Waals surface area contributed by atoms with E-state index in [-0.39, 0.29) is 0 Å². The van der Waals surface area contributed by atoms with Crippen molar-refractivity contribution >= 4 is 0 Å². The fourth-order valence-corrected chi connectivity index (χ4v) is 8.00. The number of fused-ring (bicyclic) bond motifs is 4. The van der Waals surface area contributed by atoms with E-state index in [4.69, 9.17) is 0 Å². The van der Waals surface area contributed by atoms with Crippen molar-refractivity contribution < 1.29 is 4.57 Å². The monoisotopic (exact) mass is 314 g/mol. The van der Waals surface area contributed by atoms with Crippen molar-refractivity contribution in [1.82, 2.24) is 0 Å². The maximum atomic E-state index is 2.91. The second-order valence-electron chi connectivity index (χ2n) is 8.95. The molecule has 1 spiro atoms. The lowest BCUT2D eigenvalue weighted by Crippen LogP contribution is -2.64. The van der Waals surface area contributed by atoms with Gasteiger partial charge < -0.3 is 0 Å². The average Bonchev–Trinajstić information content (AvgIpc) is 3.34. The van der Waals surface area contributed by atoms with Crippen LogP contribution < -0.4 is 4.57 Å².